The molecule has 1 aromatic carbocycles. The molecule has 0 bridgehead atoms. The number of carbonyl (C=O) groups is 1. The normalized spacial score (nSPS) is 19.3. The lowest BCUT2D eigenvalue weighted by Crippen LogP contribution is -2.19. The Morgan fingerprint density at radius 2 is 2.41 bits per heavy atom. The van der Waals surface area contributed by atoms with Gasteiger partial charge in [0.15, 0.2) is 0 Å². The predicted molar refractivity (Wildman–Crippen MR) is 71.4 cm³/mol. The molecular weight excluding hydrogens is 305 g/mol. The van der Waals surface area contributed by atoms with Gasteiger partial charge in [-0.2, -0.15) is 0 Å². The van der Waals surface area contributed by atoms with Crippen LogP contribution in [0.15, 0.2) is 22.7 Å². The first kappa shape index (κ1) is 12.9. The molecule has 1 N–H and O–H groups in total. The van der Waals surface area contributed by atoms with Crippen LogP contribution in [-0.4, -0.2) is 18.6 Å². The fourth-order valence-corrected chi connectivity index (χ4v) is 2.23. The third kappa shape index (κ3) is 3.69. The maximum Gasteiger partial charge on any atom is 0.226 e. The molecule has 2 rings (SSSR count). The van der Waals surface area contributed by atoms with Gasteiger partial charge >= 0.3 is 0 Å². The number of halogens is 2. The average molecular weight is 319 g/mol. The van der Waals surface area contributed by atoms with Crippen molar-refractivity contribution in [2.24, 2.45) is 0 Å². The van der Waals surface area contributed by atoms with Crippen LogP contribution >= 0.6 is 27.5 Å². The second-order valence-corrected chi connectivity index (χ2v) is 5.28. The Kier molecular flexibility index (Phi) is 4.42. The van der Waals surface area contributed by atoms with Crippen LogP contribution in [0.5, 0.6) is 0 Å². The molecule has 0 radical (unpaired) electrons. The number of hydrogen-bond acceptors (Lipinski definition) is 2. The lowest BCUT2D eigenvalue weighted by molar-refractivity contribution is -0.118. The van der Waals surface area contributed by atoms with Crippen LogP contribution in [0.1, 0.15) is 19.3 Å². The minimum absolute atomic E-state index is 0.0321. The van der Waals surface area contributed by atoms with E-state index in [0.29, 0.717) is 17.1 Å². The molecule has 3 nitrogen and oxygen atoms in total. The van der Waals surface area contributed by atoms with Gasteiger partial charge in [0.2, 0.25) is 5.91 Å². The van der Waals surface area contributed by atoms with Gasteiger partial charge in [0, 0.05) is 16.8 Å². The number of carbonyl (C=O) groups excluding carboxylic acids is 1. The zero-order valence-electron chi connectivity index (χ0n) is 9.21. The van der Waals surface area contributed by atoms with Gasteiger partial charge in [-0.15, -0.1) is 0 Å². The molecule has 17 heavy (non-hydrogen) atoms. The Labute approximate surface area is 114 Å². The van der Waals surface area contributed by atoms with Gasteiger partial charge in [-0.05, 0) is 47.0 Å². The number of hydrogen-bond donors (Lipinski definition) is 1. The molecule has 1 fully saturated rings. The van der Waals surface area contributed by atoms with Crippen LogP contribution in [-0.2, 0) is 9.53 Å². The van der Waals surface area contributed by atoms with E-state index in [1.807, 2.05) is 12.1 Å². The summed E-state index contributed by atoms with van der Waals surface area (Å²) in [6.07, 6.45) is 2.49. The molecule has 1 atom stereocenters. The number of benzene rings is 1. The maximum absolute atomic E-state index is 11.7. The highest BCUT2D eigenvalue weighted by Crippen LogP contribution is 2.25. The van der Waals surface area contributed by atoms with Crippen molar-refractivity contribution < 1.29 is 9.53 Å². The average Bonchev–Trinajstić information content (AvgIpc) is 2.76. The lowest BCUT2D eigenvalue weighted by Gasteiger charge is -2.10. The molecule has 1 amide bonds. The molecule has 5 heteroatoms. The summed E-state index contributed by atoms with van der Waals surface area (Å²) in [5.41, 5.74) is 0.709. The Morgan fingerprint density at radius 1 is 1.59 bits per heavy atom. The van der Waals surface area contributed by atoms with Gasteiger partial charge in [-0.25, -0.2) is 0 Å². The number of anilines is 1. The molecule has 92 valence electrons. The number of nitrogens with one attached hydrogen (secondary N) is 1. The number of rotatable bonds is 3. The molecule has 1 aromatic rings. The molecule has 1 aliphatic heterocycles. The summed E-state index contributed by atoms with van der Waals surface area (Å²) < 4.78 is 6.23. The highest BCUT2D eigenvalue weighted by Gasteiger charge is 2.19. The van der Waals surface area contributed by atoms with Crippen LogP contribution in [0.25, 0.3) is 0 Å². The van der Waals surface area contributed by atoms with Gasteiger partial charge in [0.1, 0.15) is 0 Å². The monoisotopic (exact) mass is 317 g/mol. The van der Waals surface area contributed by atoms with E-state index in [1.165, 1.54) is 0 Å². The van der Waals surface area contributed by atoms with E-state index in [-0.39, 0.29) is 12.0 Å². The summed E-state index contributed by atoms with van der Waals surface area (Å²) in [7, 11) is 0. The zero-order chi connectivity index (χ0) is 12.3. The Balaban J connectivity index is 1.90. The molecular formula is C12H13BrClNO2. The first-order valence-corrected chi connectivity index (χ1v) is 6.69. The van der Waals surface area contributed by atoms with Gasteiger partial charge in [0.25, 0.3) is 0 Å². The van der Waals surface area contributed by atoms with E-state index in [0.717, 1.165) is 23.9 Å². The second kappa shape index (κ2) is 5.85. The Bertz CT molecular complexity index is 419. The van der Waals surface area contributed by atoms with Crippen LogP contribution in [0.2, 0.25) is 5.02 Å². The third-order valence-corrected chi connectivity index (χ3v) is 3.87. The number of ether oxygens (including phenoxy) is 1. The summed E-state index contributed by atoms with van der Waals surface area (Å²) in [6, 6.07) is 5.34. The van der Waals surface area contributed by atoms with Crippen molar-refractivity contribution in [1.82, 2.24) is 0 Å². The van der Waals surface area contributed by atoms with E-state index in [1.54, 1.807) is 6.07 Å². The number of amides is 1. The minimum Gasteiger partial charge on any atom is -0.378 e. The van der Waals surface area contributed by atoms with E-state index in [4.69, 9.17) is 16.3 Å². The highest BCUT2D eigenvalue weighted by molar-refractivity contribution is 9.10. The second-order valence-electron chi connectivity index (χ2n) is 4.02. The van der Waals surface area contributed by atoms with Crippen LogP contribution in [0.4, 0.5) is 5.69 Å². The summed E-state index contributed by atoms with van der Waals surface area (Å²) in [5, 5.41) is 3.40. The quantitative estimate of drug-likeness (QED) is 0.924. The topological polar surface area (TPSA) is 38.3 Å². The summed E-state index contributed by atoms with van der Waals surface area (Å²) in [4.78, 5) is 11.7. The molecule has 1 heterocycles. The van der Waals surface area contributed by atoms with Crippen molar-refractivity contribution in [2.45, 2.75) is 25.4 Å². The smallest absolute Gasteiger partial charge is 0.226 e. The van der Waals surface area contributed by atoms with Gasteiger partial charge in [0.05, 0.1) is 17.5 Å². The largest absolute Gasteiger partial charge is 0.378 e. The zero-order valence-corrected chi connectivity index (χ0v) is 11.6. The van der Waals surface area contributed by atoms with Crippen LogP contribution < -0.4 is 5.32 Å². The van der Waals surface area contributed by atoms with Crippen molar-refractivity contribution in [3.8, 4) is 0 Å². The fourth-order valence-electron chi connectivity index (χ4n) is 1.80. The SMILES string of the molecule is O=C(CC1CCCO1)Nc1ccc(Br)c(Cl)c1. The molecule has 0 aromatic heterocycles. The van der Waals surface area contributed by atoms with Crippen molar-refractivity contribution in [1.29, 1.82) is 0 Å². The van der Waals surface area contributed by atoms with Gasteiger partial charge in [-0.1, -0.05) is 11.6 Å². The first-order chi connectivity index (χ1) is 8.15. The first-order valence-electron chi connectivity index (χ1n) is 5.51. The van der Waals surface area contributed by atoms with Crippen molar-refractivity contribution in [2.75, 3.05) is 11.9 Å². The van der Waals surface area contributed by atoms with Crippen molar-refractivity contribution in [3.63, 3.8) is 0 Å². The summed E-state index contributed by atoms with van der Waals surface area (Å²) >= 11 is 9.25. The predicted octanol–water partition coefficient (Wildman–Crippen LogP) is 3.61. The fraction of sp³-hybridized carbons (Fsp3) is 0.417. The van der Waals surface area contributed by atoms with Crippen LogP contribution in [0, 0.1) is 0 Å². The molecule has 1 saturated heterocycles. The van der Waals surface area contributed by atoms with E-state index in [2.05, 4.69) is 21.2 Å². The van der Waals surface area contributed by atoms with E-state index >= 15 is 0 Å². The summed E-state index contributed by atoms with van der Waals surface area (Å²) in [6.45, 7) is 0.766. The Hall–Kier alpha value is -0.580. The van der Waals surface area contributed by atoms with E-state index in [9.17, 15) is 4.79 Å². The molecule has 1 aliphatic rings. The highest BCUT2D eigenvalue weighted by atomic mass is 79.9. The lowest BCUT2D eigenvalue weighted by atomic mass is 10.2. The molecule has 0 saturated carbocycles. The van der Waals surface area contributed by atoms with Crippen LogP contribution in [0.3, 0.4) is 0 Å². The van der Waals surface area contributed by atoms with Gasteiger partial charge in [-0.3, -0.25) is 4.79 Å². The molecule has 1 unspecified atom stereocenters. The van der Waals surface area contributed by atoms with E-state index < -0.39 is 0 Å². The molecule has 0 spiro atoms. The maximum atomic E-state index is 11.7. The third-order valence-electron chi connectivity index (χ3n) is 2.64. The minimum atomic E-state index is -0.0321. The molecule has 0 aliphatic carbocycles. The van der Waals surface area contributed by atoms with Gasteiger partial charge < -0.3 is 10.1 Å². The summed E-state index contributed by atoms with van der Waals surface area (Å²) in [5.74, 6) is -0.0321. The van der Waals surface area contributed by atoms with Crippen molar-refractivity contribution >= 4 is 39.1 Å². The standard InChI is InChI=1S/C12H13BrClNO2/c13-10-4-3-8(6-11(10)14)15-12(16)7-9-2-1-5-17-9/h3-4,6,9H,1-2,5,7H2,(H,15,16). The Morgan fingerprint density at radius 3 is 3.06 bits per heavy atom. The van der Waals surface area contributed by atoms with Crippen molar-refractivity contribution in [3.05, 3.63) is 27.7 Å².